The van der Waals surface area contributed by atoms with Crippen LogP contribution in [-0.4, -0.2) is 9.55 Å². The summed E-state index contributed by atoms with van der Waals surface area (Å²) in [5.41, 5.74) is 14.1. The Kier molecular flexibility index (Phi) is 13.0. The first-order chi connectivity index (χ1) is 33.6. The maximum Gasteiger partial charge on any atom is 0.135 e. The third-order valence-electron chi connectivity index (χ3n) is 14.8. The molecular formula is C66H67N4OPt-3. The van der Waals surface area contributed by atoms with Crippen LogP contribution in [0.25, 0.3) is 27.6 Å². The van der Waals surface area contributed by atoms with E-state index in [1.165, 1.54) is 33.4 Å². The third-order valence-corrected chi connectivity index (χ3v) is 14.8. The Bertz CT molecular complexity index is 3440. The molecule has 0 aliphatic carbocycles. The molecule has 9 aromatic rings. The molecule has 1 aliphatic heterocycles. The molecule has 0 radical (unpaired) electrons. The number of hydrogen-bond donors (Lipinski definition) is 0. The summed E-state index contributed by atoms with van der Waals surface area (Å²) in [6.45, 7) is 31.9. The molecule has 72 heavy (non-hydrogen) atoms. The molecule has 0 unspecified atom stereocenters. The molecule has 7 aromatic carbocycles. The van der Waals surface area contributed by atoms with Gasteiger partial charge in [0.05, 0.1) is 0 Å². The van der Waals surface area contributed by atoms with Crippen molar-refractivity contribution in [2.75, 3.05) is 9.80 Å². The first-order valence-corrected chi connectivity index (χ1v) is 25.1. The number of hydrogen-bond acceptors (Lipinski definition) is 4. The van der Waals surface area contributed by atoms with Gasteiger partial charge in [-0.2, -0.15) is 6.07 Å². The largest absolute Gasteiger partial charge is 0.509 e. The van der Waals surface area contributed by atoms with Crippen molar-refractivity contribution in [1.29, 1.82) is 0 Å². The molecule has 0 saturated heterocycles. The van der Waals surface area contributed by atoms with Gasteiger partial charge in [-0.25, -0.2) is 4.98 Å². The Balaban J connectivity index is 0.00000640. The van der Waals surface area contributed by atoms with Crippen LogP contribution >= 0.6 is 0 Å². The maximum absolute atomic E-state index is 6.97. The molecule has 10 rings (SSSR count). The summed E-state index contributed by atoms with van der Waals surface area (Å²) in [5.74, 6) is 2.07. The quantitative estimate of drug-likeness (QED) is 0.135. The number of rotatable bonds is 9. The fourth-order valence-corrected chi connectivity index (χ4v) is 9.98. The summed E-state index contributed by atoms with van der Waals surface area (Å²) < 4.78 is 9.24. The third kappa shape index (κ3) is 9.42. The number of aromatic nitrogens is 2. The predicted molar refractivity (Wildman–Crippen MR) is 297 cm³/mol. The summed E-state index contributed by atoms with van der Waals surface area (Å²) in [6, 6.07) is 64.7. The first kappa shape index (κ1) is 50.5. The van der Waals surface area contributed by atoms with Crippen LogP contribution in [0.2, 0.25) is 0 Å². The van der Waals surface area contributed by atoms with E-state index in [4.69, 9.17) is 9.72 Å². The van der Waals surface area contributed by atoms with Gasteiger partial charge in [0.2, 0.25) is 0 Å². The molecule has 0 amide bonds. The molecule has 1 aliphatic rings. The van der Waals surface area contributed by atoms with Crippen LogP contribution in [0.3, 0.4) is 0 Å². The molecular weight excluding hydrogens is 1060 g/mol. The zero-order chi connectivity index (χ0) is 50.3. The molecule has 0 fully saturated rings. The molecule has 0 saturated carbocycles. The summed E-state index contributed by atoms with van der Waals surface area (Å²) in [5, 5.41) is 2.22. The van der Waals surface area contributed by atoms with Crippen molar-refractivity contribution in [3.63, 3.8) is 0 Å². The second-order valence-corrected chi connectivity index (χ2v) is 23.6. The molecule has 0 atom stereocenters. The average Bonchev–Trinajstić information content (AvgIpc) is 3.89. The minimum atomic E-state index is -0.232. The SMILES string of the molecule is CC(C)(C)c1cc(Oc2[c-]c3c(cc2)c2ccc(C(C)(C)c4ccccc4)cc2n3-c2cc(C(C)(C)C)ccn2)[c-]c(N2[CH-]N(c3cc(C(C)(C)C)cc(C(C)(C)c4ccccc4)c3)c3ccccc32)c1.[Pt]. The van der Waals surface area contributed by atoms with Crippen LogP contribution < -0.4 is 14.5 Å². The Morgan fingerprint density at radius 3 is 1.62 bits per heavy atom. The molecule has 2 aromatic heterocycles. The summed E-state index contributed by atoms with van der Waals surface area (Å²) in [4.78, 5) is 9.63. The van der Waals surface area contributed by atoms with E-state index >= 15 is 0 Å². The van der Waals surface area contributed by atoms with Crippen LogP contribution in [0.1, 0.15) is 129 Å². The van der Waals surface area contributed by atoms with Crippen LogP contribution in [0.15, 0.2) is 164 Å². The summed E-state index contributed by atoms with van der Waals surface area (Å²) in [7, 11) is 0. The van der Waals surface area contributed by atoms with Gasteiger partial charge in [0.15, 0.2) is 0 Å². The first-order valence-electron chi connectivity index (χ1n) is 25.1. The molecule has 5 nitrogen and oxygen atoms in total. The van der Waals surface area contributed by atoms with Gasteiger partial charge in [-0.3, -0.25) is 0 Å². The number of fused-ring (bicyclic) bond motifs is 4. The molecule has 0 bridgehead atoms. The fourth-order valence-electron chi connectivity index (χ4n) is 9.98. The monoisotopic (exact) mass is 1130 g/mol. The Labute approximate surface area is 443 Å². The van der Waals surface area contributed by atoms with E-state index in [2.05, 4.69) is 275 Å². The van der Waals surface area contributed by atoms with Crippen LogP contribution in [-0.2, 0) is 48.1 Å². The van der Waals surface area contributed by atoms with Crippen LogP contribution in [0.5, 0.6) is 11.5 Å². The van der Waals surface area contributed by atoms with E-state index in [0.29, 0.717) is 11.5 Å². The van der Waals surface area contributed by atoms with E-state index in [1.54, 1.807) is 0 Å². The van der Waals surface area contributed by atoms with Gasteiger partial charge in [0.25, 0.3) is 0 Å². The number of para-hydroxylation sites is 2. The average molecular weight is 1130 g/mol. The van der Waals surface area contributed by atoms with E-state index in [-0.39, 0.29) is 48.1 Å². The van der Waals surface area contributed by atoms with Crippen molar-refractivity contribution >= 4 is 44.6 Å². The zero-order valence-corrected chi connectivity index (χ0v) is 46.5. The van der Waals surface area contributed by atoms with E-state index in [9.17, 15) is 0 Å². The predicted octanol–water partition coefficient (Wildman–Crippen LogP) is 17.5. The molecule has 0 N–H and O–H groups in total. The van der Waals surface area contributed by atoms with Gasteiger partial charge in [0.1, 0.15) is 5.82 Å². The van der Waals surface area contributed by atoms with Crippen molar-refractivity contribution in [3.8, 4) is 17.3 Å². The number of ether oxygens (including phenoxy) is 1. The van der Waals surface area contributed by atoms with Crippen LogP contribution in [0, 0.1) is 18.8 Å². The molecule has 6 heteroatoms. The Hall–Kier alpha value is -6.42. The normalized spacial score (nSPS) is 13.4. The van der Waals surface area contributed by atoms with E-state index in [1.807, 2.05) is 12.3 Å². The summed E-state index contributed by atoms with van der Waals surface area (Å²) >= 11 is 0. The second kappa shape index (κ2) is 18.6. The van der Waals surface area contributed by atoms with Crippen molar-refractivity contribution in [3.05, 3.63) is 222 Å². The standard InChI is InChI=1S/C66H67N4O.Pt/c1-62(2,3)46-32-33-67-61(40-46)70-59-39-47(65(10,11)44-22-16-14-17-23-44)28-30-55(59)56-31-29-53(42-60(56)70)71-54-38-49(64(7,8)9)36-52(41-54)69-43-68(57-26-20-21-27-58(57)69)51-35-48(63(4,5)6)34-50(37-51)66(12,13)45-24-18-15-19-25-45;/h14-40,43H,1-13H3;/q-3;. The topological polar surface area (TPSA) is 33.5 Å². The maximum atomic E-state index is 6.97. The van der Waals surface area contributed by atoms with Crippen molar-refractivity contribution < 1.29 is 25.8 Å². The van der Waals surface area contributed by atoms with Crippen molar-refractivity contribution in [1.82, 2.24) is 9.55 Å². The Morgan fingerprint density at radius 1 is 0.444 bits per heavy atom. The van der Waals surface area contributed by atoms with E-state index in [0.717, 1.165) is 55.9 Å². The van der Waals surface area contributed by atoms with Gasteiger partial charge < -0.3 is 19.1 Å². The van der Waals surface area contributed by atoms with Crippen molar-refractivity contribution in [2.45, 2.75) is 117 Å². The van der Waals surface area contributed by atoms with Gasteiger partial charge in [-0.15, -0.1) is 53.6 Å². The van der Waals surface area contributed by atoms with Gasteiger partial charge >= 0.3 is 0 Å². The minimum absolute atomic E-state index is 0. The summed E-state index contributed by atoms with van der Waals surface area (Å²) in [6.07, 6.45) is 1.93. The van der Waals surface area contributed by atoms with Gasteiger partial charge in [-0.1, -0.05) is 187 Å². The van der Waals surface area contributed by atoms with Crippen molar-refractivity contribution in [2.24, 2.45) is 0 Å². The second-order valence-electron chi connectivity index (χ2n) is 23.6. The number of nitrogens with zero attached hydrogens (tertiary/aromatic N) is 4. The van der Waals surface area contributed by atoms with E-state index < -0.39 is 0 Å². The molecule has 3 heterocycles. The number of benzene rings is 7. The minimum Gasteiger partial charge on any atom is -0.509 e. The number of pyridine rings is 1. The molecule has 370 valence electrons. The van der Waals surface area contributed by atoms with Gasteiger partial charge in [-0.05, 0) is 97.5 Å². The Morgan fingerprint density at radius 2 is 1.00 bits per heavy atom. The zero-order valence-electron chi connectivity index (χ0n) is 44.2. The molecule has 0 spiro atoms. The van der Waals surface area contributed by atoms with Gasteiger partial charge in [0, 0.05) is 72.2 Å². The smallest absolute Gasteiger partial charge is 0.135 e. The van der Waals surface area contributed by atoms with Crippen LogP contribution in [0.4, 0.5) is 22.7 Å². The fraction of sp³-hybridized carbons (Fsp3) is 0.273. The number of anilines is 4.